The molecular weight excluding hydrogens is 354 g/mol. The summed E-state index contributed by atoms with van der Waals surface area (Å²) in [5, 5.41) is 1.94. The van der Waals surface area contributed by atoms with E-state index in [1.165, 1.54) is 0 Å². The van der Waals surface area contributed by atoms with Crippen LogP contribution in [0.25, 0.3) is 10.8 Å². The van der Waals surface area contributed by atoms with Gasteiger partial charge in [-0.15, -0.1) is 0 Å². The highest BCUT2D eigenvalue weighted by molar-refractivity contribution is 6.06. The van der Waals surface area contributed by atoms with Gasteiger partial charge in [0.1, 0.15) is 0 Å². The highest BCUT2D eigenvalue weighted by Gasteiger charge is 2.56. The maximum absolute atomic E-state index is 13.2. The molecule has 3 aliphatic heterocycles. The van der Waals surface area contributed by atoms with E-state index in [1.807, 2.05) is 34.1 Å². The van der Waals surface area contributed by atoms with E-state index in [1.54, 1.807) is 19.3 Å². The number of piperidine rings is 1. The third kappa shape index (κ3) is 2.62. The summed E-state index contributed by atoms with van der Waals surface area (Å²) in [6, 6.07) is 8.10. The average Bonchev–Trinajstić information content (AvgIpc) is 3.31. The molecule has 3 aliphatic rings. The quantitative estimate of drug-likeness (QED) is 0.763. The molecule has 6 nitrogen and oxygen atoms in total. The molecule has 146 valence electrons. The molecule has 28 heavy (non-hydrogen) atoms. The summed E-state index contributed by atoms with van der Waals surface area (Å²) in [5.74, 6) is 0.588. The first kappa shape index (κ1) is 17.6. The van der Waals surface area contributed by atoms with Crippen LogP contribution >= 0.6 is 0 Å². The molecule has 4 heterocycles. The average molecular weight is 379 g/mol. The van der Waals surface area contributed by atoms with Gasteiger partial charge in [0.15, 0.2) is 0 Å². The number of benzene rings is 1. The molecule has 0 bridgehead atoms. The van der Waals surface area contributed by atoms with Crippen LogP contribution < -0.4 is 0 Å². The van der Waals surface area contributed by atoms with Crippen molar-refractivity contribution in [2.45, 2.75) is 25.8 Å². The fourth-order valence-corrected chi connectivity index (χ4v) is 5.49. The van der Waals surface area contributed by atoms with Gasteiger partial charge in [-0.25, -0.2) is 0 Å². The topological polar surface area (TPSA) is 62.7 Å². The molecule has 0 N–H and O–H groups in total. The molecule has 2 amide bonds. The van der Waals surface area contributed by atoms with Gasteiger partial charge < -0.3 is 14.5 Å². The van der Waals surface area contributed by atoms with Crippen molar-refractivity contribution in [3.8, 4) is 0 Å². The van der Waals surface area contributed by atoms with E-state index in [2.05, 4.69) is 4.98 Å². The molecule has 0 saturated carbocycles. The number of rotatable bonds is 1. The largest absolute Gasteiger partial charge is 0.379 e. The van der Waals surface area contributed by atoms with Crippen LogP contribution in [-0.2, 0) is 9.53 Å². The van der Waals surface area contributed by atoms with Crippen LogP contribution in [0.5, 0.6) is 0 Å². The minimum Gasteiger partial charge on any atom is -0.379 e. The Labute approximate surface area is 164 Å². The SMILES string of the molecule is CC(=O)N1CC2(CCN(C(=O)c3cncc4ccccc34)CC2)[C@H]2COC[C@H]21. The Bertz CT molecular complexity index is 930. The summed E-state index contributed by atoms with van der Waals surface area (Å²) in [7, 11) is 0. The summed E-state index contributed by atoms with van der Waals surface area (Å²) in [4.78, 5) is 33.5. The highest BCUT2D eigenvalue weighted by atomic mass is 16.5. The van der Waals surface area contributed by atoms with Crippen molar-refractivity contribution >= 4 is 22.6 Å². The number of hydrogen-bond donors (Lipinski definition) is 0. The summed E-state index contributed by atoms with van der Waals surface area (Å²) < 4.78 is 5.73. The van der Waals surface area contributed by atoms with Gasteiger partial charge in [-0.05, 0) is 23.6 Å². The van der Waals surface area contributed by atoms with Gasteiger partial charge in [-0.1, -0.05) is 24.3 Å². The van der Waals surface area contributed by atoms with Crippen LogP contribution in [0, 0.1) is 11.3 Å². The standard InChI is InChI=1S/C22H25N3O3/c1-15(26)25-14-22(19-12-28-13-20(19)25)6-8-24(9-7-22)21(27)18-11-23-10-16-4-2-3-5-17(16)18/h2-5,10-11,19-20H,6-9,12-14H2,1H3/t19-,20+/m0/s1. The van der Waals surface area contributed by atoms with Gasteiger partial charge in [0.2, 0.25) is 5.91 Å². The third-order valence-corrected chi connectivity index (χ3v) is 7.07. The molecule has 3 saturated heterocycles. The smallest absolute Gasteiger partial charge is 0.256 e. The van der Waals surface area contributed by atoms with Crippen molar-refractivity contribution in [2.75, 3.05) is 32.8 Å². The summed E-state index contributed by atoms with van der Waals surface area (Å²) in [5.41, 5.74) is 0.758. The summed E-state index contributed by atoms with van der Waals surface area (Å²) in [6.45, 7) is 5.28. The van der Waals surface area contributed by atoms with Crippen molar-refractivity contribution in [1.82, 2.24) is 14.8 Å². The molecule has 0 unspecified atom stereocenters. The fourth-order valence-electron chi connectivity index (χ4n) is 5.49. The highest BCUT2D eigenvalue weighted by Crippen LogP contribution is 2.50. The number of nitrogens with zero attached hydrogens (tertiary/aromatic N) is 3. The lowest BCUT2D eigenvalue weighted by Crippen LogP contribution is -2.47. The minimum atomic E-state index is 0.0554. The normalized spacial score (nSPS) is 26.0. The zero-order chi connectivity index (χ0) is 19.3. The first-order chi connectivity index (χ1) is 13.6. The predicted molar refractivity (Wildman–Crippen MR) is 105 cm³/mol. The van der Waals surface area contributed by atoms with E-state index in [9.17, 15) is 9.59 Å². The molecule has 2 aromatic rings. The zero-order valence-corrected chi connectivity index (χ0v) is 16.1. The summed E-state index contributed by atoms with van der Waals surface area (Å²) in [6.07, 6.45) is 5.33. The monoisotopic (exact) mass is 379 g/mol. The molecule has 1 aromatic heterocycles. The molecule has 0 radical (unpaired) electrons. The molecule has 1 spiro atoms. The molecule has 1 aromatic carbocycles. The lowest BCUT2D eigenvalue weighted by atomic mass is 9.70. The van der Waals surface area contributed by atoms with Gasteiger partial charge in [0, 0.05) is 50.3 Å². The van der Waals surface area contributed by atoms with Gasteiger partial charge in [0.25, 0.3) is 5.91 Å². The van der Waals surface area contributed by atoms with E-state index in [-0.39, 0.29) is 23.3 Å². The van der Waals surface area contributed by atoms with E-state index in [0.717, 1.165) is 49.9 Å². The molecule has 3 fully saturated rings. The van der Waals surface area contributed by atoms with Crippen molar-refractivity contribution in [3.63, 3.8) is 0 Å². The number of pyridine rings is 1. The van der Waals surface area contributed by atoms with Crippen LogP contribution in [0.2, 0.25) is 0 Å². The van der Waals surface area contributed by atoms with Gasteiger partial charge in [0.05, 0.1) is 24.8 Å². The second-order valence-corrected chi connectivity index (χ2v) is 8.42. The number of amides is 2. The number of likely N-dealkylation sites (tertiary alicyclic amines) is 2. The van der Waals surface area contributed by atoms with Crippen LogP contribution in [-0.4, -0.2) is 65.5 Å². The number of hydrogen-bond acceptors (Lipinski definition) is 4. The molecular formula is C22H25N3O3. The third-order valence-electron chi connectivity index (χ3n) is 7.07. The van der Waals surface area contributed by atoms with E-state index in [0.29, 0.717) is 18.1 Å². The van der Waals surface area contributed by atoms with E-state index < -0.39 is 0 Å². The summed E-state index contributed by atoms with van der Waals surface area (Å²) >= 11 is 0. The first-order valence-electron chi connectivity index (χ1n) is 10.1. The van der Waals surface area contributed by atoms with E-state index in [4.69, 9.17) is 4.74 Å². The van der Waals surface area contributed by atoms with Crippen LogP contribution in [0.1, 0.15) is 30.1 Å². The van der Waals surface area contributed by atoms with Gasteiger partial charge >= 0.3 is 0 Å². The maximum Gasteiger partial charge on any atom is 0.256 e. The number of carbonyl (C=O) groups is 2. The van der Waals surface area contributed by atoms with Crippen molar-refractivity contribution in [1.29, 1.82) is 0 Å². The maximum atomic E-state index is 13.2. The lowest BCUT2D eigenvalue weighted by molar-refractivity contribution is -0.130. The molecule has 0 aliphatic carbocycles. The Hall–Kier alpha value is -2.47. The Balaban J connectivity index is 1.36. The van der Waals surface area contributed by atoms with Crippen molar-refractivity contribution in [3.05, 3.63) is 42.2 Å². The second kappa shape index (κ2) is 6.55. The molecule has 5 rings (SSSR count). The zero-order valence-electron chi connectivity index (χ0n) is 16.1. The Morgan fingerprint density at radius 2 is 1.93 bits per heavy atom. The lowest BCUT2D eigenvalue weighted by Gasteiger charge is -2.42. The first-order valence-corrected chi connectivity index (χ1v) is 10.1. The number of ether oxygens (including phenoxy) is 1. The van der Waals surface area contributed by atoms with Crippen LogP contribution in [0.3, 0.4) is 0 Å². The van der Waals surface area contributed by atoms with Crippen molar-refractivity contribution < 1.29 is 14.3 Å². The van der Waals surface area contributed by atoms with Gasteiger partial charge in [-0.2, -0.15) is 0 Å². The minimum absolute atomic E-state index is 0.0554. The molecule has 6 heteroatoms. The van der Waals surface area contributed by atoms with Crippen molar-refractivity contribution in [2.24, 2.45) is 11.3 Å². The Morgan fingerprint density at radius 3 is 2.71 bits per heavy atom. The van der Waals surface area contributed by atoms with Crippen LogP contribution in [0.15, 0.2) is 36.7 Å². The van der Waals surface area contributed by atoms with E-state index >= 15 is 0 Å². The predicted octanol–water partition coefficient (Wildman–Crippen LogP) is 2.33. The number of aromatic nitrogens is 1. The second-order valence-electron chi connectivity index (χ2n) is 8.42. The van der Waals surface area contributed by atoms with Crippen LogP contribution in [0.4, 0.5) is 0 Å². The Morgan fingerprint density at radius 1 is 1.14 bits per heavy atom. The number of fused-ring (bicyclic) bond motifs is 3. The van der Waals surface area contributed by atoms with Gasteiger partial charge in [-0.3, -0.25) is 14.6 Å². The molecule has 2 atom stereocenters. The Kier molecular flexibility index (Phi) is 4.12. The number of carbonyl (C=O) groups excluding carboxylic acids is 2. The fraction of sp³-hybridized carbons (Fsp3) is 0.500.